The summed E-state index contributed by atoms with van der Waals surface area (Å²) in [5.41, 5.74) is -0.438. The van der Waals surface area contributed by atoms with E-state index >= 15 is 0 Å². The van der Waals surface area contributed by atoms with Gasteiger partial charge in [-0.2, -0.15) is 0 Å². The summed E-state index contributed by atoms with van der Waals surface area (Å²) in [6.45, 7) is 9.44. The predicted octanol–water partition coefficient (Wildman–Crippen LogP) is 2.25. The maximum Gasteiger partial charge on any atom is 0.407 e. The van der Waals surface area contributed by atoms with Crippen LogP contribution >= 0.6 is 0 Å². The first-order chi connectivity index (χ1) is 5.95. The van der Waals surface area contributed by atoms with Crippen LogP contribution in [0.15, 0.2) is 24.8 Å². The van der Waals surface area contributed by atoms with Gasteiger partial charge in [0, 0.05) is 6.54 Å². The zero-order chi connectivity index (χ0) is 10.3. The number of nitrogens with one attached hydrogen (secondary N) is 1. The molecule has 0 bridgehead atoms. The number of alkyl carbamates (subject to hydrolysis) is 1. The third-order valence-corrected chi connectivity index (χ3v) is 1.04. The molecule has 0 saturated carbocycles. The standard InChI is InChI=1S/C10H17NO2/c1-5-6-7-8-11-9(12)13-10(2,3)4/h5-7H,1,8H2,2-4H3,(H,11,12)/b7-6-. The number of amides is 1. The minimum absolute atomic E-state index is 0.402. The van der Waals surface area contributed by atoms with Crippen molar-refractivity contribution in [1.29, 1.82) is 0 Å². The molecule has 0 radical (unpaired) electrons. The molecule has 0 aliphatic rings. The molecule has 0 unspecified atom stereocenters. The largest absolute Gasteiger partial charge is 0.444 e. The Morgan fingerprint density at radius 1 is 1.54 bits per heavy atom. The van der Waals surface area contributed by atoms with Gasteiger partial charge in [-0.15, -0.1) is 0 Å². The van der Waals surface area contributed by atoms with Gasteiger partial charge in [-0.3, -0.25) is 0 Å². The first-order valence-corrected chi connectivity index (χ1v) is 4.20. The van der Waals surface area contributed by atoms with Crippen molar-refractivity contribution in [3.8, 4) is 0 Å². The second-order valence-electron chi connectivity index (χ2n) is 3.55. The van der Waals surface area contributed by atoms with Gasteiger partial charge in [-0.05, 0) is 20.8 Å². The van der Waals surface area contributed by atoms with Crippen LogP contribution in [0.4, 0.5) is 4.79 Å². The van der Waals surface area contributed by atoms with Crippen molar-refractivity contribution in [3.05, 3.63) is 24.8 Å². The monoisotopic (exact) mass is 183 g/mol. The van der Waals surface area contributed by atoms with Crippen molar-refractivity contribution in [1.82, 2.24) is 5.32 Å². The zero-order valence-electron chi connectivity index (χ0n) is 8.46. The van der Waals surface area contributed by atoms with Gasteiger partial charge in [0.2, 0.25) is 0 Å². The molecule has 0 heterocycles. The average molecular weight is 183 g/mol. The lowest BCUT2D eigenvalue weighted by atomic mass is 10.2. The highest BCUT2D eigenvalue weighted by Crippen LogP contribution is 2.05. The van der Waals surface area contributed by atoms with Gasteiger partial charge in [-0.1, -0.05) is 24.8 Å². The molecule has 1 amide bonds. The molecule has 0 atom stereocenters. The second kappa shape index (κ2) is 5.41. The molecule has 3 nitrogen and oxygen atoms in total. The quantitative estimate of drug-likeness (QED) is 0.681. The van der Waals surface area contributed by atoms with Crippen LogP contribution in [0.5, 0.6) is 0 Å². The van der Waals surface area contributed by atoms with E-state index in [4.69, 9.17) is 4.74 Å². The summed E-state index contributed by atoms with van der Waals surface area (Å²) in [6, 6.07) is 0. The maximum atomic E-state index is 11.0. The van der Waals surface area contributed by atoms with E-state index in [1.807, 2.05) is 20.8 Å². The topological polar surface area (TPSA) is 38.3 Å². The number of carbonyl (C=O) groups is 1. The third kappa shape index (κ3) is 8.66. The molecule has 74 valence electrons. The number of hydrogen-bond donors (Lipinski definition) is 1. The molecule has 0 aromatic rings. The normalized spacial score (nSPS) is 11.3. The second-order valence-corrected chi connectivity index (χ2v) is 3.55. The fourth-order valence-electron chi connectivity index (χ4n) is 0.621. The van der Waals surface area contributed by atoms with Gasteiger partial charge in [0.15, 0.2) is 0 Å². The Bertz CT molecular complexity index is 201. The van der Waals surface area contributed by atoms with Crippen LogP contribution in [-0.2, 0) is 4.74 Å². The molecule has 0 fully saturated rings. The first kappa shape index (κ1) is 11.8. The van der Waals surface area contributed by atoms with E-state index in [-0.39, 0.29) is 0 Å². The van der Waals surface area contributed by atoms with E-state index in [9.17, 15) is 4.79 Å². The van der Waals surface area contributed by atoms with E-state index in [1.54, 1.807) is 18.2 Å². The maximum absolute atomic E-state index is 11.0. The molecule has 0 saturated heterocycles. The number of carbonyl (C=O) groups excluding carboxylic acids is 1. The lowest BCUT2D eigenvalue weighted by molar-refractivity contribution is 0.0534. The highest BCUT2D eigenvalue weighted by Gasteiger charge is 2.14. The predicted molar refractivity (Wildman–Crippen MR) is 53.6 cm³/mol. The van der Waals surface area contributed by atoms with Gasteiger partial charge >= 0.3 is 6.09 Å². The average Bonchev–Trinajstić information content (AvgIpc) is 1.94. The van der Waals surface area contributed by atoms with Crippen LogP contribution < -0.4 is 5.32 Å². The molecular formula is C10H17NO2. The van der Waals surface area contributed by atoms with Gasteiger partial charge in [-0.25, -0.2) is 4.79 Å². The lowest BCUT2D eigenvalue weighted by Crippen LogP contribution is -2.32. The Morgan fingerprint density at radius 3 is 2.62 bits per heavy atom. The minimum Gasteiger partial charge on any atom is -0.444 e. The van der Waals surface area contributed by atoms with Gasteiger partial charge < -0.3 is 10.1 Å². The molecule has 0 spiro atoms. The number of allylic oxidation sites excluding steroid dienone is 2. The van der Waals surface area contributed by atoms with Crippen LogP contribution in [-0.4, -0.2) is 18.2 Å². The summed E-state index contributed by atoms with van der Waals surface area (Å²) in [5, 5.41) is 2.58. The third-order valence-electron chi connectivity index (χ3n) is 1.04. The van der Waals surface area contributed by atoms with Crippen molar-refractivity contribution in [2.24, 2.45) is 0 Å². The van der Waals surface area contributed by atoms with Crippen LogP contribution in [0.1, 0.15) is 20.8 Å². The SMILES string of the molecule is C=C/C=C\CNC(=O)OC(C)(C)C. The van der Waals surface area contributed by atoms with E-state index in [1.165, 1.54) is 0 Å². The van der Waals surface area contributed by atoms with Gasteiger partial charge in [0.25, 0.3) is 0 Å². The van der Waals surface area contributed by atoms with E-state index < -0.39 is 11.7 Å². The number of ether oxygens (including phenoxy) is 1. The van der Waals surface area contributed by atoms with E-state index in [0.717, 1.165) is 0 Å². The number of rotatable bonds is 3. The first-order valence-electron chi connectivity index (χ1n) is 4.20. The fraction of sp³-hybridized carbons (Fsp3) is 0.500. The Balaban J connectivity index is 3.64. The summed E-state index contributed by atoms with van der Waals surface area (Å²) in [7, 11) is 0. The minimum atomic E-state index is -0.438. The number of hydrogen-bond acceptors (Lipinski definition) is 2. The summed E-state index contributed by atoms with van der Waals surface area (Å²) in [5.74, 6) is 0. The molecule has 0 aliphatic carbocycles. The summed E-state index contributed by atoms with van der Waals surface area (Å²) in [4.78, 5) is 11.0. The Kier molecular flexibility index (Phi) is 4.89. The van der Waals surface area contributed by atoms with E-state index in [2.05, 4.69) is 11.9 Å². The lowest BCUT2D eigenvalue weighted by Gasteiger charge is -2.19. The Hall–Kier alpha value is -1.25. The van der Waals surface area contributed by atoms with Gasteiger partial charge in [0.05, 0.1) is 0 Å². The molecule has 3 heteroatoms. The van der Waals surface area contributed by atoms with Crippen LogP contribution in [0.25, 0.3) is 0 Å². The van der Waals surface area contributed by atoms with Crippen molar-refractivity contribution in [2.75, 3.05) is 6.54 Å². The van der Waals surface area contributed by atoms with Crippen LogP contribution in [0.3, 0.4) is 0 Å². The fourth-order valence-corrected chi connectivity index (χ4v) is 0.621. The molecule has 0 aromatic heterocycles. The van der Waals surface area contributed by atoms with Crippen molar-refractivity contribution in [2.45, 2.75) is 26.4 Å². The molecule has 0 rings (SSSR count). The molecule has 0 aliphatic heterocycles. The van der Waals surface area contributed by atoms with Crippen molar-refractivity contribution < 1.29 is 9.53 Å². The van der Waals surface area contributed by atoms with Gasteiger partial charge in [0.1, 0.15) is 5.60 Å². The van der Waals surface area contributed by atoms with Crippen molar-refractivity contribution >= 4 is 6.09 Å². The molecular weight excluding hydrogens is 166 g/mol. The Labute approximate surface area is 79.5 Å². The highest BCUT2D eigenvalue weighted by molar-refractivity contribution is 5.67. The zero-order valence-corrected chi connectivity index (χ0v) is 8.46. The summed E-state index contributed by atoms with van der Waals surface area (Å²) >= 11 is 0. The van der Waals surface area contributed by atoms with E-state index in [0.29, 0.717) is 6.54 Å². The summed E-state index contributed by atoms with van der Waals surface area (Å²) in [6.07, 6.45) is 4.80. The molecule has 13 heavy (non-hydrogen) atoms. The van der Waals surface area contributed by atoms with Crippen LogP contribution in [0, 0.1) is 0 Å². The van der Waals surface area contributed by atoms with Crippen molar-refractivity contribution in [3.63, 3.8) is 0 Å². The smallest absolute Gasteiger partial charge is 0.407 e. The van der Waals surface area contributed by atoms with Crippen LogP contribution in [0.2, 0.25) is 0 Å². The molecule has 1 N–H and O–H groups in total. The Morgan fingerprint density at radius 2 is 2.15 bits per heavy atom. The highest BCUT2D eigenvalue weighted by atomic mass is 16.6. The summed E-state index contributed by atoms with van der Waals surface area (Å²) < 4.78 is 5.01. The molecule has 0 aromatic carbocycles.